The molecule has 0 radical (unpaired) electrons. The summed E-state index contributed by atoms with van der Waals surface area (Å²) < 4.78 is 45.8. The maximum Gasteiger partial charge on any atom is 0.416 e. The van der Waals surface area contributed by atoms with Gasteiger partial charge in [-0.3, -0.25) is 4.79 Å². The second kappa shape index (κ2) is 11.9. The second-order valence-electron chi connectivity index (χ2n) is 9.97. The van der Waals surface area contributed by atoms with Crippen molar-refractivity contribution in [1.82, 2.24) is 19.5 Å². The van der Waals surface area contributed by atoms with E-state index in [1.54, 1.807) is 27.9 Å². The normalized spacial score (nSPS) is 14.8. The summed E-state index contributed by atoms with van der Waals surface area (Å²) in [5.41, 5.74) is 2.77. The number of anilines is 1. The molecule has 0 saturated carbocycles. The highest BCUT2D eigenvalue weighted by Gasteiger charge is 2.30. The Morgan fingerprint density at radius 3 is 2.48 bits per heavy atom. The summed E-state index contributed by atoms with van der Waals surface area (Å²) >= 11 is 0. The van der Waals surface area contributed by atoms with Gasteiger partial charge in [0.25, 0.3) is 0 Å². The van der Waals surface area contributed by atoms with E-state index >= 15 is 0 Å². The minimum Gasteiger partial charge on any atom is -0.492 e. The van der Waals surface area contributed by atoms with Crippen LogP contribution < -0.4 is 9.64 Å². The fourth-order valence-electron chi connectivity index (χ4n) is 4.95. The van der Waals surface area contributed by atoms with Crippen LogP contribution in [0.5, 0.6) is 5.75 Å². The van der Waals surface area contributed by atoms with Crippen LogP contribution in [0.3, 0.4) is 0 Å². The maximum absolute atomic E-state index is 12.8. The van der Waals surface area contributed by atoms with Crippen molar-refractivity contribution in [2.24, 2.45) is 0 Å². The van der Waals surface area contributed by atoms with Crippen molar-refractivity contribution in [3.05, 3.63) is 89.9 Å². The van der Waals surface area contributed by atoms with E-state index in [0.29, 0.717) is 55.2 Å². The number of amides is 1. The van der Waals surface area contributed by atoms with Crippen LogP contribution in [0.15, 0.2) is 73.2 Å². The van der Waals surface area contributed by atoms with Gasteiger partial charge in [0.2, 0.25) is 5.91 Å². The number of nitrogens with zero attached hydrogens (tertiary/aromatic N) is 6. The first-order valence-electron chi connectivity index (χ1n) is 13.6. The zero-order valence-electron chi connectivity index (χ0n) is 23.2. The average molecular weight is 575 g/mol. The number of hydrogen-bond acceptors (Lipinski definition) is 6. The highest BCUT2D eigenvalue weighted by Crippen LogP contribution is 2.32. The van der Waals surface area contributed by atoms with Crippen molar-refractivity contribution in [3.8, 4) is 22.9 Å². The quantitative estimate of drug-likeness (QED) is 0.264. The third kappa shape index (κ3) is 6.07. The van der Waals surface area contributed by atoms with Gasteiger partial charge in [-0.25, -0.2) is 9.50 Å². The van der Waals surface area contributed by atoms with Gasteiger partial charge >= 0.3 is 6.18 Å². The molecule has 5 rings (SSSR count). The summed E-state index contributed by atoms with van der Waals surface area (Å²) in [4.78, 5) is 21.3. The number of hydrogen-bond donors (Lipinski definition) is 0. The van der Waals surface area contributed by atoms with Gasteiger partial charge in [0.15, 0.2) is 0 Å². The molecule has 42 heavy (non-hydrogen) atoms. The number of aromatic nitrogens is 3. The molecule has 4 heterocycles. The number of carbonyl (C=O) groups is 1. The number of benzene rings is 1. The molecule has 11 heteroatoms. The van der Waals surface area contributed by atoms with E-state index in [4.69, 9.17) is 4.74 Å². The molecule has 0 aliphatic carbocycles. The Labute approximate surface area is 241 Å². The Hall–Kier alpha value is -4.85. The van der Waals surface area contributed by atoms with Gasteiger partial charge in [-0.2, -0.15) is 23.5 Å². The number of nitriles is 1. The van der Waals surface area contributed by atoms with E-state index in [1.165, 1.54) is 24.4 Å². The number of ether oxygens (including phenoxy) is 1. The van der Waals surface area contributed by atoms with Gasteiger partial charge in [-0.15, -0.1) is 0 Å². The number of rotatable bonds is 7. The number of pyridine rings is 2. The highest BCUT2D eigenvalue weighted by atomic mass is 19.4. The summed E-state index contributed by atoms with van der Waals surface area (Å²) in [7, 11) is 0. The topological polar surface area (TPSA) is 86.8 Å². The summed E-state index contributed by atoms with van der Waals surface area (Å²) in [6.07, 6.45) is 3.87. The van der Waals surface area contributed by atoms with Crippen molar-refractivity contribution in [1.29, 1.82) is 5.26 Å². The predicted octanol–water partition coefficient (Wildman–Crippen LogP) is 5.69. The lowest BCUT2D eigenvalue weighted by Crippen LogP contribution is -2.48. The van der Waals surface area contributed by atoms with Gasteiger partial charge in [0.05, 0.1) is 35.6 Å². The van der Waals surface area contributed by atoms with Crippen molar-refractivity contribution in [2.75, 3.05) is 37.7 Å². The Morgan fingerprint density at radius 1 is 1.12 bits per heavy atom. The van der Waals surface area contributed by atoms with Crippen molar-refractivity contribution in [2.45, 2.75) is 25.9 Å². The van der Waals surface area contributed by atoms with E-state index in [9.17, 15) is 23.2 Å². The first-order valence-corrected chi connectivity index (χ1v) is 13.6. The SMILES string of the molecule is CCOc1cc(-c2ccc(N3CCN(C(=O)/C=C/C(C)c4ccc(C(F)(F)F)cc4)CC3)nc2)c2c(C#N)cnn2c1. The smallest absolute Gasteiger partial charge is 0.416 e. The third-order valence-electron chi connectivity index (χ3n) is 7.28. The van der Waals surface area contributed by atoms with E-state index in [0.717, 1.165) is 29.1 Å². The molecule has 4 aromatic rings. The molecule has 3 aromatic heterocycles. The van der Waals surface area contributed by atoms with E-state index in [2.05, 4.69) is 21.1 Å². The highest BCUT2D eigenvalue weighted by molar-refractivity contribution is 5.88. The Morgan fingerprint density at radius 2 is 1.86 bits per heavy atom. The van der Waals surface area contributed by atoms with Crippen LogP contribution in [-0.4, -0.2) is 58.2 Å². The van der Waals surface area contributed by atoms with Crippen molar-refractivity contribution >= 4 is 17.2 Å². The molecule has 0 bridgehead atoms. The van der Waals surface area contributed by atoms with Crippen LogP contribution in [-0.2, 0) is 11.0 Å². The van der Waals surface area contributed by atoms with E-state index in [-0.39, 0.29) is 11.8 Å². The standard InChI is InChI=1S/C31H29F3N6O2/c1-3-42-26-16-27(30-24(17-35)19-37-40(30)20-26)23-7-10-28(36-18-23)38-12-14-39(15-13-38)29(41)11-4-21(2)22-5-8-25(9-6-22)31(32,33)34/h4-11,16,18-21H,3,12-15H2,1-2H3/b11-4+. The fraction of sp³-hybridized carbons (Fsp3) is 0.290. The summed E-state index contributed by atoms with van der Waals surface area (Å²) in [5, 5.41) is 13.9. The lowest BCUT2D eigenvalue weighted by Gasteiger charge is -2.35. The largest absolute Gasteiger partial charge is 0.492 e. The Balaban J connectivity index is 1.21. The van der Waals surface area contributed by atoms with Gasteiger partial charge in [0, 0.05) is 43.5 Å². The number of piperazine rings is 1. The molecule has 1 saturated heterocycles. The summed E-state index contributed by atoms with van der Waals surface area (Å²) in [6, 6.07) is 12.9. The van der Waals surface area contributed by atoms with E-state index in [1.807, 2.05) is 32.0 Å². The summed E-state index contributed by atoms with van der Waals surface area (Å²) in [6.45, 7) is 6.47. The molecule has 1 unspecified atom stereocenters. The van der Waals surface area contributed by atoms with E-state index < -0.39 is 11.7 Å². The lowest BCUT2D eigenvalue weighted by atomic mass is 9.99. The Kier molecular flexibility index (Phi) is 8.15. The Bertz CT molecular complexity index is 1630. The van der Waals surface area contributed by atoms with Crippen LogP contribution in [0.2, 0.25) is 0 Å². The first kappa shape index (κ1) is 28.7. The molecule has 216 valence electrons. The average Bonchev–Trinajstić information content (AvgIpc) is 3.42. The van der Waals surface area contributed by atoms with Gasteiger partial charge in [-0.1, -0.05) is 25.1 Å². The van der Waals surface area contributed by atoms with Crippen LogP contribution in [0, 0.1) is 11.3 Å². The second-order valence-corrected chi connectivity index (χ2v) is 9.97. The molecule has 8 nitrogen and oxygen atoms in total. The predicted molar refractivity (Wildman–Crippen MR) is 152 cm³/mol. The number of alkyl halides is 3. The van der Waals surface area contributed by atoms with Crippen molar-refractivity contribution in [3.63, 3.8) is 0 Å². The van der Waals surface area contributed by atoms with Gasteiger partial charge in [0.1, 0.15) is 17.6 Å². The number of allylic oxidation sites excluding steroid dienone is 1. The van der Waals surface area contributed by atoms with Crippen LogP contribution in [0.25, 0.3) is 16.6 Å². The number of halogens is 3. The minimum absolute atomic E-state index is 0.135. The summed E-state index contributed by atoms with van der Waals surface area (Å²) in [5.74, 6) is 1.08. The molecule has 0 N–H and O–H groups in total. The molecule has 1 amide bonds. The zero-order chi connectivity index (χ0) is 29.9. The minimum atomic E-state index is -4.38. The molecule has 1 fully saturated rings. The fourth-order valence-corrected chi connectivity index (χ4v) is 4.95. The third-order valence-corrected chi connectivity index (χ3v) is 7.28. The van der Waals surface area contributed by atoms with Crippen LogP contribution in [0.1, 0.15) is 36.5 Å². The zero-order valence-corrected chi connectivity index (χ0v) is 23.2. The van der Waals surface area contributed by atoms with Crippen molar-refractivity contribution < 1.29 is 22.7 Å². The molecule has 1 aliphatic rings. The van der Waals surface area contributed by atoms with Gasteiger partial charge < -0.3 is 14.5 Å². The molecule has 0 spiro atoms. The number of fused-ring (bicyclic) bond motifs is 1. The van der Waals surface area contributed by atoms with Gasteiger partial charge in [-0.05, 0) is 54.8 Å². The molecular formula is C31H29F3N6O2. The molecule has 1 atom stereocenters. The number of carbonyl (C=O) groups excluding carboxylic acids is 1. The first-order chi connectivity index (χ1) is 20.2. The maximum atomic E-state index is 12.8. The monoisotopic (exact) mass is 574 g/mol. The van der Waals surface area contributed by atoms with Crippen LogP contribution >= 0.6 is 0 Å². The molecule has 1 aliphatic heterocycles. The molecular weight excluding hydrogens is 545 g/mol. The van der Waals surface area contributed by atoms with Crippen LogP contribution in [0.4, 0.5) is 19.0 Å². The molecule has 1 aromatic carbocycles. The lowest BCUT2D eigenvalue weighted by molar-refractivity contribution is -0.137.